The van der Waals surface area contributed by atoms with Crippen LogP contribution in [0.5, 0.6) is 0 Å². The monoisotopic (exact) mass is 225 g/mol. The summed E-state index contributed by atoms with van der Waals surface area (Å²) in [5, 5.41) is 13.1. The van der Waals surface area contributed by atoms with Crippen molar-refractivity contribution < 1.29 is 5.21 Å². The van der Waals surface area contributed by atoms with E-state index < -0.39 is 0 Å². The third-order valence-electron chi connectivity index (χ3n) is 2.03. The Balaban J connectivity index is 2.08. The van der Waals surface area contributed by atoms with Crippen LogP contribution in [-0.2, 0) is 6.42 Å². The molecule has 0 saturated carbocycles. The van der Waals surface area contributed by atoms with Crippen LogP contribution in [0.1, 0.15) is 15.8 Å². The molecule has 2 rings (SSSR count). The molecule has 0 aromatic carbocycles. The minimum Gasteiger partial charge on any atom is -0.316 e. The molecule has 0 amide bonds. The number of hydroxylamine groups is 1. The standard InChI is InChI=1S/C10H11NOS2/c12-11-9(10-4-2-6-14-10)7-8-3-1-5-13-8/h1-6,9,11-12H,7H2. The Hall–Kier alpha value is -0.680. The molecule has 74 valence electrons. The highest BCUT2D eigenvalue weighted by atomic mass is 32.1. The first-order valence-corrected chi connectivity index (χ1v) is 6.11. The summed E-state index contributed by atoms with van der Waals surface area (Å²) < 4.78 is 0. The molecule has 4 heteroatoms. The topological polar surface area (TPSA) is 32.3 Å². The third kappa shape index (κ3) is 2.22. The summed E-state index contributed by atoms with van der Waals surface area (Å²) >= 11 is 3.38. The van der Waals surface area contributed by atoms with Crippen molar-refractivity contribution in [3.63, 3.8) is 0 Å². The van der Waals surface area contributed by atoms with Crippen LogP contribution in [0.2, 0.25) is 0 Å². The van der Waals surface area contributed by atoms with E-state index in [1.165, 1.54) is 9.75 Å². The Bertz CT molecular complexity index is 355. The Morgan fingerprint density at radius 1 is 1.21 bits per heavy atom. The van der Waals surface area contributed by atoms with E-state index in [9.17, 15) is 0 Å². The Kier molecular flexibility index (Phi) is 3.31. The molecule has 0 spiro atoms. The van der Waals surface area contributed by atoms with Crippen LogP contribution in [0.3, 0.4) is 0 Å². The molecule has 2 aromatic rings. The van der Waals surface area contributed by atoms with Gasteiger partial charge in [-0.3, -0.25) is 0 Å². The predicted molar refractivity (Wildman–Crippen MR) is 60.0 cm³/mol. The van der Waals surface area contributed by atoms with Crippen molar-refractivity contribution in [1.82, 2.24) is 5.48 Å². The summed E-state index contributed by atoms with van der Waals surface area (Å²) in [5.41, 5.74) is 2.36. The summed E-state index contributed by atoms with van der Waals surface area (Å²) in [6.45, 7) is 0. The molecule has 1 atom stereocenters. The van der Waals surface area contributed by atoms with Crippen LogP contribution in [0.25, 0.3) is 0 Å². The fourth-order valence-corrected chi connectivity index (χ4v) is 2.85. The normalized spacial score (nSPS) is 12.9. The summed E-state index contributed by atoms with van der Waals surface area (Å²) in [5.74, 6) is 0. The largest absolute Gasteiger partial charge is 0.316 e. The summed E-state index contributed by atoms with van der Waals surface area (Å²) in [6, 6.07) is 8.17. The molecule has 2 heterocycles. The summed E-state index contributed by atoms with van der Waals surface area (Å²) in [6.07, 6.45) is 0.842. The van der Waals surface area contributed by atoms with Crippen LogP contribution >= 0.6 is 22.7 Å². The zero-order valence-electron chi connectivity index (χ0n) is 7.51. The maximum atomic E-state index is 9.06. The van der Waals surface area contributed by atoms with E-state index in [0.29, 0.717) is 0 Å². The first-order valence-electron chi connectivity index (χ1n) is 4.35. The SMILES string of the molecule is ONC(Cc1cccs1)c1cccs1. The number of thiophene rings is 2. The molecule has 2 N–H and O–H groups in total. The van der Waals surface area contributed by atoms with Gasteiger partial charge >= 0.3 is 0 Å². The minimum atomic E-state index is 0.0219. The van der Waals surface area contributed by atoms with Gasteiger partial charge in [-0.15, -0.1) is 22.7 Å². The Morgan fingerprint density at radius 3 is 2.57 bits per heavy atom. The van der Waals surface area contributed by atoms with Crippen molar-refractivity contribution >= 4 is 22.7 Å². The van der Waals surface area contributed by atoms with Gasteiger partial charge < -0.3 is 5.21 Å². The van der Waals surface area contributed by atoms with Crippen molar-refractivity contribution in [2.75, 3.05) is 0 Å². The highest BCUT2D eigenvalue weighted by Gasteiger charge is 2.12. The van der Waals surface area contributed by atoms with Gasteiger partial charge in [0.15, 0.2) is 0 Å². The van der Waals surface area contributed by atoms with Crippen LogP contribution in [0, 0.1) is 0 Å². The van der Waals surface area contributed by atoms with E-state index >= 15 is 0 Å². The highest BCUT2D eigenvalue weighted by Crippen LogP contribution is 2.24. The summed E-state index contributed by atoms with van der Waals surface area (Å²) in [4.78, 5) is 2.45. The lowest BCUT2D eigenvalue weighted by molar-refractivity contribution is 0.127. The van der Waals surface area contributed by atoms with Crippen LogP contribution in [-0.4, -0.2) is 5.21 Å². The maximum absolute atomic E-state index is 9.06. The number of rotatable bonds is 4. The van der Waals surface area contributed by atoms with Gasteiger partial charge in [-0.2, -0.15) is 5.48 Å². The van der Waals surface area contributed by atoms with Crippen molar-refractivity contribution in [1.29, 1.82) is 0 Å². The molecule has 0 saturated heterocycles. The van der Waals surface area contributed by atoms with Crippen molar-refractivity contribution in [3.05, 3.63) is 44.8 Å². The van der Waals surface area contributed by atoms with E-state index in [1.54, 1.807) is 22.7 Å². The molecule has 0 aliphatic heterocycles. The van der Waals surface area contributed by atoms with Gasteiger partial charge in [0.05, 0.1) is 6.04 Å². The third-order valence-corrected chi connectivity index (χ3v) is 3.91. The molecule has 1 unspecified atom stereocenters. The number of hydrogen-bond acceptors (Lipinski definition) is 4. The molecule has 2 nitrogen and oxygen atoms in total. The van der Waals surface area contributed by atoms with E-state index in [2.05, 4.69) is 16.9 Å². The van der Waals surface area contributed by atoms with Gasteiger partial charge in [-0.25, -0.2) is 0 Å². The lowest BCUT2D eigenvalue weighted by Crippen LogP contribution is -2.17. The van der Waals surface area contributed by atoms with E-state index in [4.69, 9.17) is 5.21 Å². The minimum absolute atomic E-state index is 0.0219. The van der Waals surface area contributed by atoms with Gasteiger partial charge in [0.25, 0.3) is 0 Å². The molecule has 14 heavy (non-hydrogen) atoms. The van der Waals surface area contributed by atoms with Crippen molar-refractivity contribution in [3.8, 4) is 0 Å². The maximum Gasteiger partial charge on any atom is 0.0710 e. The quantitative estimate of drug-likeness (QED) is 0.784. The fraction of sp³-hybridized carbons (Fsp3) is 0.200. The van der Waals surface area contributed by atoms with Gasteiger partial charge in [-0.05, 0) is 22.9 Å². The second kappa shape index (κ2) is 4.70. The number of hydrogen-bond donors (Lipinski definition) is 2. The van der Waals surface area contributed by atoms with Crippen molar-refractivity contribution in [2.45, 2.75) is 12.5 Å². The zero-order valence-corrected chi connectivity index (χ0v) is 9.15. The van der Waals surface area contributed by atoms with E-state index in [-0.39, 0.29) is 6.04 Å². The molecular weight excluding hydrogens is 214 g/mol. The van der Waals surface area contributed by atoms with Gasteiger partial charge in [0.1, 0.15) is 0 Å². The van der Waals surface area contributed by atoms with E-state index in [0.717, 1.165) is 6.42 Å². The van der Waals surface area contributed by atoms with Crippen LogP contribution < -0.4 is 5.48 Å². The van der Waals surface area contributed by atoms with Crippen LogP contribution in [0.15, 0.2) is 35.0 Å². The molecule has 0 aliphatic rings. The molecule has 2 aromatic heterocycles. The summed E-state index contributed by atoms with van der Waals surface area (Å²) in [7, 11) is 0. The average molecular weight is 225 g/mol. The first-order chi connectivity index (χ1) is 6.90. The molecule has 0 radical (unpaired) electrons. The van der Waals surface area contributed by atoms with Gasteiger partial charge in [-0.1, -0.05) is 12.1 Å². The second-order valence-corrected chi connectivity index (χ2v) is 4.99. The van der Waals surface area contributed by atoms with Crippen LogP contribution in [0.4, 0.5) is 0 Å². The van der Waals surface area contributed by atoms with Gasteiger partial charge in [0.2, 0.25) is 0 Å². The fourth-order valence-electron chi connectivity index (χ4n) is 1.33. The predicted octanol–water partition coefficient (Wildman–Crippen LogP) is 3.07. The Morgan fingerprint density at radius 2 is 2.00 bits per heavy atom. The molecule has 0 bridgehead atoms. The molecule has 0 aliphatic carbocycles. The highest BCUT2D eigenvalue weighted by molar-refractivity contribution is 7.10. The molecular formula is C10H11NOS2. The lowest BCUT2D eigenvalue weighted by atomic mass is 10.1. The smallest absolute Gasteiger partial charge is 0.0710 e. The van der Waals surface area contributed by atoms with Crippen molar-refractivity contribution in [2.24, 2.45) is 0 Å². The number of nitrogens with one attached hydrogen (secondary N) is 1. The lowest BCUT2D eigenvalue weighted by Gasteiger charge is -2.11. The second-order valence-electron chi connectivity index (χ2n) is 2.98. The Labute approximate surface area is 90.8 Å². The first kappa shape index (κ1) is 9.86. The average Bonchev–Trinajstić information content (AvgIpc) is 2.86. The van der Waals surface area contributed by atoms with Gasteiger partial charge in [0, 0.05) is 16.2 Å². The van der Waals surface area contributed by atoms with E-state index in [1.807, 2.05) is 23.6 Å². The zero-order chi connectivity index (χ0) is 9.80. The molecule has 0 fully saturated rings.